The third-order valence-corrected chi connectivity index (χ3v) is 9.20. The Labute approximate surface area is 196 Å². The topological polar surface area (TPSA) is 52.2 Å². The van der Waals surface area contributed by atoms with E-state index in [-0.39, 0.29) is 27.8 Å². The molecular formula is C29H26FNO3. The largest absolute Gasteiger partial charge is 0.459 e. The number of hydrogen-bond acceptors (Lipinski definition) is 3. The van der Waals surface area contributed by atoms with E-state index in [1.807, 2.05) is 36.5 Å². The molecule has 0 amide bonds. The van der Waals surface area contributed by atoms with Crippen LogP contribution in [0.15, 0.2) is 59.1 Å². The second-order valence-electron chi connectivity index (χ2n) is 11.1. The first-order valence-electron chi connectivity index (χ1n) is 12.1. The quantitative estimate of drug-likeness (QED) is 0.292. The second kappa shape index (κ2) is 6.47. The number of nitrogens with zero attached hydrogens (tertiary/aromatic N) is 1. The van der Waals surface area contributed by atoms with Crippen LogP contribution >= 0.6 is 0 Å². The number of ketones is 2. The van der Waals surface area contributed by atoms with E-state index in [9.17, 15) is 14.0 Å². The van der Waals surface area contributed by atoms with Gasteiger partial charge in [0.25, 0.3) is 0 Å². The monoisotopic (exact) mass is 455 g/mol. The first-order chi connectivity index (χ1) is 16.3. The number of aromatic nitrogens is 1. The highest BCUT2D eigenvalue weighted by Gasteiger charge is 2.79. The molecule has 0 radical (unpaired) electrons. The minimum atomic E-state index is -0.320. The Kier molecular flexibility index (Phi) is 3.84. The van der Waals surface area contributed by atoms with Gasteiger partial charge in [-0.2, -0.15) is 0 Å². The first-order valence-corrected chi connectivity index (χ1v) is 12.1. The van der Waals surface area contributed by atoms with Crippen LogP contribution in [0.4, 0.5) is 4.39 Å². The van der Waals surface area contributed by atoms with Crippen LogP contribution in [0, 0.1) is 22.1 Å². The summed E-state index contributed by atoms with van der Waals surface area (Å²) in [6, 6.07) is 14.4. The van der Waals surface area contributed by atoms with E-state index in [0.29, 0.717) is 24.3 Å². The molecule has 4 nitrogen and oxygen atoms in total. The molecule has 4 fully saturated rings. The number of hydrogen-bond donors (Lipinski definition) is 0. The van der Waals surface area contributed by atoms with Crippen LogP contribution in [0.1, 0.15) is 61.6 Å². The summed E-state index contributed by atoms with van der Waals surface area (Å²) in [6.45, 7) is 2.20. The van der Waals surface area contributed by atoms with Gasteiger partial charge in [-0.15, -0.1) is 0 Å². The second-order valence-corrected chi connectivity index (χ2v) is 11.1. The molecule has 2 aromatic heterocycles. The molecule has 0 unspecified atom stereocenters. The number of fused-ring (bicyclic) bond motifs is 2. The number of halogens is 1. The number of carbonyl (C=O) groups excluding carboxylic acids is 2. The normalized spacial score (nSPS) is 26.3. The zero-order valence-electron chi connectivity index (χ0n) is 19.2. The molecule has 5 heteroatoms. The van der Waals surface area contributed by atoms with Crippen molar-refractivity contribution in [1.82, 2.24) is 4.57 Å². The van der Waals surface area contributed by atoms with Crippen molar-refractivity contribution in [2.24, 2.45) is 16.2 Å². The molecule has 0 aliphatic heterocycles. The van der Waals surface area contributed by atoms with Gasteiger partial charge in [0, 0.05) is 40.4 Å². The average molecular weight is 456 g/mol. The Morgan fingerprint density at radius 1 is 1.03 bits per heavy atom. The lowest BCUT2D eigenvalue weighted by Crippen LogP contribution is -2.68. The van der Waals surface area contributed by atoms with Crippen LogP contribution in [0.3, 0.4) is 0 Å². The van der Waals surface area contributed by atoms with E-state index in [2.05, 4.69) is 4.57 Å². The van der Waals surface area contributed by atoms with Crippen molar-refractivity contribution >= 4 is 33.4 Å². The molecule has 2 aromatic carbocycles. The summed E-state index contributed by atoms with van der Waals surface area (Å²) in [5, 5.41) is 1.89. The summed E-state index contributed by atoms with van der Waals surface area (Å²) in [4.78, 5) is 25.7. The van der Waals surface area contributed by atoms with Crippen LogP contribution in [-0.2, 0) is 11.3 Å². The van der Waals surface area contributed by atoms with Gasteiger partial charge in [-0.05, 0) is 80.2 Å². The summed E-state index contributed by atoms with van der Waals surface area (Å²) in [5.74, 6) is 0.922. The highest BCUT2D eigenvalue weighted by molar-refractivity contribution is 6.07. The molecule has 4 aromatic rings. The maximum Gasteiger partial charge on any atom is 0.165 e. The molecule has 2 heterocycles. The molecule has 0 saturated heterocycles. The molecule has 4 aliphatic rings. The molecular weight excluding hydrogens is 429 g/mol. The smallest absolute Gasteiger partial charge is 0.165 e. The van der Waals surface area contributed by atoms with E-state index in [1.165, 1.54) is 12.1 Å². The van der Waals surface area contributed by atoms with Gasteiger partial charge in [-0.25, -0.2) is 4.39 Å². The molecule has 172 valence electrons. The lowest BCUT2D eigenvalue weighted by Gasteiger charge is -2.73. The summed E-state index contributed by atoms with van der Waals surface area (Å²) in [6.07, 6.45) is 7.69. The highest BCUT2D eigenvalue weighted by atomic mass is 19.1. The average Bonchev–Trinajstić information content (AvgIpc) is 3.21. The summed E-state index contributed by atoms with van der Waals surface area (Å²) in [5.41, 5.74) is 2.44. The molecule has 8 rings (SSSR count). The van der Waals surface area contributed by atoms with Crippen LogP contribution < -0.4 is 0 Å². The van der Waals surface area contributed by atoms with E-state index in [0.717, 1.165) is 59.7 Å². The van der Waals surface area contributed by atoms with Gasteiger partial charge >= 0.3 is 0 Å². The van der Waals surface area contributed by atoms with Gasteiger partial charge in [-0.1, -0.05) is 12.1 Å². The predicted molar refractivity (Wildman–Crippen MR) is 127 cm³/mol. The van der Waals surface area contributed by atoms with Crippen molar-refractivity contribution in [3.8, 4) is 0 Å². The molecule has 0 atom stereocenters. The Hall–Kier alpha value is -3.21. The lowest BCUT2D eigenvalue weighted by atomic mass is 9.30. The molecule has 0 spiro atoms. The minimum absolute atomic E-state index is 0.0666. The van der Waals surface area contributed by atoms with Crippen LogP contribution in [0.25, 0.3) is 21.9 Å². The third-order valence-electron chi connectivity index (χ3n) is 9.20. The number of rotatable bonds is 7. The van der Waals surface area contributed by atoms with E-state index < -0.39 is 0 Å². The van der Waals surface area contributed by atoms with Gasteiger partial charge in [0.15, 0.2) is 5.78 Å². The first kappa shape index (κ1) is 20.2. The molecule has 2 bridgehead atoms. The number of Topliss-reactive ketones (excluding diaryl/α,β-unsaturated/α-hetero) is 2. The van der Waals surface area contributed by atoms with Crippen molar-refractivity contribution in [3.05, 3.63) is 71.9 Å². The van der Waals surface area contributed by atoms with Crippen molar-refractivity contribution < 1.29 is 18.4 Å². The number of benzene rings is 2. The van der Waals surface area contributed by atoms with Crippen molar-refractivity contribution in [1.29, 1.82) is 0 Å². The molecule has 0 N–H and O–H groups in total. The SMILES string of the molecule is CC(=O)C12CC(C3(CC(=O)c4cccc5ccn(Cc6cc7ccc(F)cc7o6)c45)CC3)(C1)C2. The van der Waals surface area contributed by atoms with Gasteiger partial charge in [0.1, 0.15) is 22.9 Å². The van der Waals surface area contributed by atoms with Gasteiger partial charge in [0.2, 0.25) is 0 Å². The number of para-hydroxylation sites is 1. The summed E-state index contributed by atoms with van der Waals surface area (Å²) in [7, 11) is 0. The molecule has 4 saturated carbocycles. The van der Waals surface area contributed by atoms with Crippen molar-refractivity contribution in [2.45, 2.75) is 52.0 Å². The van der Waals surface area contributed by atoms with Crippen LogP contribution in [0.2, 0.25) is 0 Å². The van der Waals surface area contributed by atoms with Crippen molar-refractivity contribution in [2.75, 3.05) is 0 Å². The summed E-state index contributed by atoms with van der Waals surface area (Å²) < 4.78 is 21.5. The van der Waals surface area contributed by atoms with Crippen LogP contribution in [0.5, 0.6) is 0 Å². The fraction of sp³-hybridized carbons (Fsp3) is 0.379. The maximum absolute atomic E-state index is 13.7. The predicted octanol–water partition coefficient (Wildman–Crippen LogP) is 6.69. The zero-order valence-corrected chi connectivity index (χ0v) is 19.2. The Bertz CT molecular complexity index is 1500. The fourth-order valence-electron chi connectivity index (χ4n) is 7.10. The highest BCUT2D eigenvalue weighted by Crippen LogP contribution is 2.85. The van der Waals surface area contributed by atoms with Gasteiger partial charge in [0.05, 0.1) is 12.1 Å². The number of carbonyl (C=O) groups is 2. The summed E-state index contributed by atoms with van der Waals surface area (Å²) >= 11 is 0. The van der Waals surface area contributed by atoms with E-state index >= 15 is 0 Å². The standard InChI is InChI=1S/C29H26FNO3/c1-18(32)27-15-29(16-27,17-27)28(8-9-28)13-24(33)23-4-2-3-19-7-10-31(26(19)23)14-22-11-20-5-6-21(30)12-25(20)34-22/h2-7,10-12H,8-9,13-17H2,1H3. The third kappa shape index (κ3) is 2.64. The Morgan fingerprint density at radius 3 is 2.56 bits per heavy atom. The molecule has 34 heavy (non-hydrogen) atoms. The lowest BCUT2D eigenvalue weighted by molar-refractivity contribution is -0.233. The van der Waals surface area contributed by atoms with E-state index in [4.69, 9.17) is 4.42 Å². The van der Waals surface area contributed by atoms with Gasteiger partial charge < -0.3 is 8.98 Å². The molecule has 4 aliphatic carbocycles. The Balaban J connectivity index is 1.18. The fourth-order valence-corrected chi connectivity index (χ4v) is 7.10. The van der Waals surface area contributed by atoms with Gasteiger partial charge in [-0.3, -0.25) is 9.59 Å². The van der Waals surface area contributed by atoms with E-state index in [1.54, 1.807) is 13.0 Å². The van der Waals surface area contributed by atoms with Crippen LogP contribution in [-0.4, -0.2) is 16.1 Å². The van der Waals surface area contributed by atoms with Crippen molar-refractivity contribution in [3.63, 3.8) is 0 Å². The zero-order chi connectivity index (χ0) is 23.3. The minimum Gasteiger partial charge on any atom is -0.459 e. The maximum atomic E-state index is 13.7. The number of furan rings is 1. The Morgan fingerprint density at radius 2 is 1.82 bits per heavy atom.